The standard InChI is InChI=1S/C21H17ClN2O5/c22-9-18(25)29-21(26)15-8-13-12-3-1-2-4-14(12)23-20(13)19(24-15)11-5-6-16-17(7-11)28-10-27-16/h1-7,15,19,23-24H,8-10H2. The maximum absolute atomic E-state index is 12.6. The average molecular weight is 413 g/mol. The topological polar surface area (TPSA) is 89.7 Å². The number of para-hydroxylation sites is 1. The van der Waals surface area contributed by atoms with Gasteiger partial charge in [-0.2, -0.15) is 0 Å². The summed E-state index contributed by atoms with van der Waals surface area (Å²) in [6, 6.07) is 12.6. The molecule has 0 bridgehead atoms. The number of halogens is 1. The van der Waals surface area contributed by atoms with Crippen LogP contribution < -0.4 is 14.8 Å². The van der Waals surface area contributed by atoms with Gasteiger partial charge in [-0.25, -0.2) is 4.79 Å². The second kappa shape index (κ2) is 7.09. The Hall–Kier alpha value is -3.03. The minimum absolute atomic E-state index is 0.185. The van der Waals surface area contributed by atoms with Crippen LogP contribution in [-0.2, 0) is 20.7 Å². The van der Waals surface area contributed by atoms with E-state index in [9.17, 15) is 9.59 Å². The normalized spacial score (nSPS) is 19.8. The first-order valence-corrected chi connectivity index (χ1v) is 9.73. The zero-order valence-electron chi connectivity index (χ0n) is 15.2. The third kappa shape index (κ3) is 3.12. The Balaban J connectivity index is 1.58. The molecule has 0 saturated carbocycles. The third-order valence-electron chi connectivity index (χ3n) is 5.25. The summed E-state index contributed by atoms with van der Waals surface area (Å²) in [6.45, 7) is 0.185. The van der Waals surface area contributed by atoms with Crippen LogP contribution in [0.25, 0.3) is 10.9 Å². The van der Waals surface area contributed by atoms with Gasteiger partial charge in [0.25, 0.3) is 0 Å². The molecule has 8 heteroatoms. The molecule has 2 aliphatic heterocycles. The largest absolute Gasteiger partial charge is 0.454 e. The van der Waals surface area contributed by atoms with E-state index in [0.717, 1.165) is 27.7 Å². The molecule has 2 aliphatic rings. The Labute approximate surface area is 170 Å². The van der Waals surface area contributed by atoms with Crippen molar-refractivity contribution in [3.05, 3.63) is 59.3 Å². The van der Waals surface area contributed by atoms with Crippen molar-refractivity contribution in [2.24, 2.45) is 0 Å². The van der Waals surface area contributed by atoms with Crippen LogP contribution in [0.5, 0.6) is 11.5 Å². The van der Waals surface area contributed by atoms with E-state index in [1.54, 1.807) is 0 Å². The Kier molecular flexibility index (Phi) is 4.41. The number of esters is 2. The van der Waals surface area contributed by atoms with Crippen LogP contribution in [0.3, 0.4) is 0 Å². The molecule has 0 radical (unpaired) electrons. The summed E-state index contributed by atoms with van der Waals surface area (Å²) in [7, 11) is 0. The van der Waals surface area contributed by atoms with Gasteiger partial charge in [-0.05, 0) is 29.3 Å². The lowest BCUT2D eigenvalue weighted by Crippen LogP contribution is -2.46. The molecule has 2 unspecified atom stereocenters. The number of benzene rings is 2. The number of aromatic nitrogens is 1. The predicted octanol–water partition coefficient (Wildman–Crippen LogP) is 2.81. The molecule has 0 fully saturated rings. The predicted molar refractivity (Wildman–Crippen MR) is 105 cm³/mol. The highest BCUT2D eigenvalue weighted by Gasteiger charge is 2.36. The maximum atomic E-state index is 12.6. The molecular weight excluding hydrogens is 396 g/mol. The van der Waals surface area contributed by atoms with E-state index in [2.05, 4.69) is 10.3 Å². The molecule has 3 aromatic rings. The van der Waals surface area contributed by atoms with Gasteiger partial charge in [0.1, 0.15) is 11.9 Å². The van der Waals surface area contributed by atoms with Crippen molar-refractivity contribution in [1.29, 1.82) is 0 Å². The summed E-state index contributed by atoms with van der Waals surface area (Å²) in [6.07, 6.45) is 0.398. The SMILES string of the molecule is O=C(CCl)OC(=O)C1Cc2c([nH]c3ccccc23)C(c2ccc3c(c2)OCO3)N1. The Bertz CT molecular complexity index is 1130. The summed E-state index contributed by atoms with van der Waals surface area (Å²) in [4.78, 5) is 27.6. The average Bonchev–Trinajstić information content (AvgIpc) is 3.36. The van der Waals surface area contributed by atoms with E-state index in [4.69, 9.17) is 25.8 Å². The van der Waals surface area contributed by atoms with Gasteiger partial charge in [0, 0.05) is 23.0 Å². The summed E-state index contributed by atoms with van der Waals surface area (Å²) in [5, 5.41) is 4.35. The second-order valence-electron chi connectivity index (χ2n) is 6.96. The van der Waals surface area contributed by atoms with Crippen molar-refractivity contribution in [3.63, 3.8) is 0 Å². The van der Waals surface area contributed by atoms with Gasteiger partial charge in [-0.15, -0.1) is 11.6 Å². The molecule has 3 heterocycles. The van der Waals surface area contributed by atoms with E-state index in [1.807, 2.05) is 42.5 Å². The number of carbonyl (C=O) groups excluding carboxylic acids is 2. The number of hydrogen-bond donors (Lipinski definition) is 2. The molecule has 7 nitrogen and oxygen atoms in total. The summed E-state index contributed by atoms with van der Waals surface area (Å²) in [5.41, 5.74) is 3.87. The van der Waals surface area contributed by atoms with Gasteiger partial charge >= 0.3 is 11.9 Å². The van der Waals surface area contributed by atoms with Crippen molar-refractivity contribution < 1.29 is 23.8 Å². The molecular formula is C21H17ClN2O5. The smallest absolute Gasteiger partial charge is 0.331 e. The van der Waals surface area contributed by atoms with Crippen LogP contribution >= 0.6 is 11.6 Å². The highest BCUT2D eigenvalue weighted by Crippen LogP contribution is 2.39. The molecule has 29 heavy (non-hydrogen) atoms. The van der Waals surface area contributed by atoms with Gasteiger partial charge < -0.3 is 19.2 Å². The molecule has 1 aromatic heterocycles. The number of fused-ring (bicyclic) bond motifs is 4. The first-order valence-electron chi connectivity index (χ1n) is 9.19. The van der Waals surface area contributed by atoms with Gasteiger partial charge in [0.15, 0.2) is 11.5 Å². The monoisotopic (exact) mass is 412 g/mol. The molecule has 0 saturated heterocycles. The lowest BCUT2D eigenvalue weighted by molar-refractivity contribution is -0.159. The van der Waals surface area contributed by atoms with E-state index in [1.165, 1.54) is 0 Å². The Morgan fingerprint density at radius 1 is 1.14 bits per heavy atom. The fourth-order valence-corrected chi connectivity index (χ4v) is 4.01. The maximum Gasteiger partial charge on any atom is 0.331 e. The van der Waals surface area contributed by atoms with Crippen molar-refractivity contribution in [3.8, 4) is 11.5 Å². The molecule has 0 aliphatic carbocycles. The molecule has 0 amide bonds. The first-order chi connectivity index (χ1) is 14.1. The van der Waals surface area contributed by atoms with E-state index >= 15 is 0 Å². The zero-order chi connectivity index (χ0) is 20.0. The van der Waals surface area contributed by atoms with Gasteiger partial charge in [-0.3, -0.25) is 10.1 Å². The molecule has 148 valence electrons. The van der Waals surface area contributed by atoms with E-state index in [-0.39, 0.29) is 18.7 Å². The van der Waals surface area contributed by atoms with Gasteiger partial charge in [0.05, 0.1) is 6.04 Å². The van der Waals surface area contributed by atoms with Gasteiger partial charge in [0.2, 0.25) is 6.79 Å². The molecule has 5 rings (SSSR count). The number of hydrogen-bond acceptors (Lipinski definition) is 6. The lowest BCUT2D eigenvalue weighted by atomic mass is 9.90. The van der Waals surface area contributed by atoms with Crippen LogP contribution in [0.1, 0.15) is 22.9 Å². The number of ether oxygens (including phenoxy) is 3. The van der Waals surface area contributed by atoms with Crippen LogP contribution in [0.4, 0.5) is 0 Å². The molecule has 2 aromatic carbocycles. The third-order valence-corrected chi connectivity index (χ3v) is 5.47. The van der Waals surface area contributed by atoms with E-state index < -0.39 is 18.0 Å². The highest BCUT2D eigenvalue weighted by molar-refractivity contribution is 6.27. The zero-order valence-corrected chi connectivity index (χ0v) is 16.0. The summed E-state index contributed by atoms with van der Waals surface area (Å²) in [5.74, 6) is -0.434. The number of rotatable bonds is 3. The van der Waals surface area contributed by atoms with Crippen molar-refractivity contribution in [1.82, 2.24) is 10.3 Å². The first kappa shape index (κ1) is 18.0. The number of nitrogens with one attached hydrogen (secondary N) is 2. The van der Waals surface area contributed by atoms with Crippen LogP contribution in [0.15, 0.2) is 42.5 Å². The minimum atomic E-state index is -0.761. The number of H-pyrrole nitrogens is 1. The Morgan fingerprint density at radius 2 is 1.97 bits per heavy atom. The Morgan fingerprint density at radius 3 is 2.83 bits per heavy atom. The second-order valence-corrected chi connectivity index (χ2v) is 7.23. The number of aromatic amines is 1. The summed E-state index contributed by atoms with van der Waals surface area (Å²) < 4.78 is 15.8. The fraction of sp³-hybridized carbons (Fsp3) is 0.238. The van der Waals surface area contributed by atoms with Crippen LogP contribution in [0, 0.1) is 0 Å². The summed E-state index contributed by atoms with van der Waals surface area (Å²) >= 11 is 5.48. The van der Waals surface area contributed by atoms with Crippen molar-refractivity contribution in [2.45, 2.75) is 18.5 Å². The molecule has 2 atom stereocenters. The number of alkyl halides is 1. The van der Waals surface area contributed by atoms with Gasteiger partial charge in [-0.1, -0.05) is 24.3 Å². The number of carbonyl (C=O) groups is 2. The minimum Gasteiger partial charge on any atom is -0.454 e. The van der Waals surface area contributed by atoms with Crippen LogP contribution in [-0.4, -0.2) is 35.6 Å². The van der Waals surface area contributed by atoms with Crippen molar-refractivity contribution >= 4 is 34.4 Å². The molecule has 2 N–H and O–H groups in total. The molecule has 0 spiro atoms. The van der Waals surface area contributed by atoms with Crippen LogP contribution in [0.2, 0.25) is 0 Å². The highest BCUT2D eigenvalue weighted by atomic mass is 35.5. The van der Waals surface area contributed by atoms with E-state index in [0.29, 0.717) is 17.9 Å². The fourth-order valence-electron chi connectivity index (χ4n) is 3.95. The quantitative estimate of drug-likeness (QED) is 0.390. The van der Waals surface area contributed by atoms with Crippen molar-refractivity contribution in [2.75, 3.05) is 12.7 Å². The lowest BCUT2D eigenvalue weighted by Gasteiger charge is -2.30.